The average Bonchev–Trinajstić information content (AvgIpc) is 2.68. The van der Waals surface area contributed by atoms with Crippen molar-refractivity contribution in [1.82, 2.24) is 0 Å². The Labute approximate surface area is 200 Å². The first-order chi connectivity index (χ1) is 15.8. The number of ether oxygens (including phenoxy) is 5. The lowest BCUT2D eigenvalue weighted by atomic mass is 9.89. The summed E-state index contributed by atoms with van der Waals surface area (Å²) in [7, 11) is 0. The van der Waals surface area contributed by atoms with E-state index in [-0.39, 0.29) is 6.61 Å². The lowest BCUT2D eigenvalue weighted by molar-refractivity contribution is -0.246. The lowest BCUT2D eigenvalue weighted by Gasteiger charge is -2.44. The monoisotopic (exact) mass is 478 g/mol. The molecule has 1 aliphatic heterocycles. The van der Waals surface area contributed by atoms with Crippen LogP contribution in [0.2, 0.25) is 0 Å². The molecule has 0 aromatic heterocycles. The van der Waals surface area contributed by atoms with Crippen LogP contribution >= 0.6 is 0 Å². The van der Waals surface area contributed by atoms with Crippen LogP contribution in [0.5, 0.6) is 0 Å². The molecule has 1 saturated heterocycles. The predicted octanol–water partition coefficient (Wildman–Crippen LogP) is 3.14. The van der Waals surface area contributed by atoms with Crippen molar-refractivity contribution in [2.24, 2.45) is 0 Å². The van der Waals surface area contributed by atoms with Crippen molar-refractivity contribution in [1.29, 1.82) is 0 Å². The van der Waals surface area contributed by atoms with Gasteiger partial charge in [-0.15, -0.1) is 0 Å². The Kier molecular flexibility index (Phi) is 11.4. The molecular formula is C25H34O9. The molecule has 34 heavy (non-hydrogen) atoms. The first kappa shape index (κ1) is 28.8. The van der Waals surface area contributed by atoms with Gasteiger partial charge in [0.05, 0.1) is 0 Å². The van der Waals surface area contributed by atoms with E-state index >= 15 is 0 Å². The molecule has 0 radical (unpaired) electrons. The molecule has 9 heteroatoms. The van der Waals surface area contributed by atoms with Crippen molar-refractivity contribution in [3.05, 3.63) is 48.1 Å². The van der Waals surface area contributed by atoms with Gasteiger partial charge in [0.1, 0.15) is 18.8 Å². The smallest absolute Gasteiger partial charge is 0.303 e. The summed E-state index contributed by atoms with van der Waals surface area (Å²) < 4.78 is 27.5. The van der Waals surface area contributed by atoms with Crippen molar-refractivity contribution in [3.63, 3.8) is 0 Å². The van der Waals surface area contributed by atoms with Gasteiger partial charge in [0.15, 0.2) is 18.3 Å². The van der Waals surface area contributed by atoms with Gasteiger partial charge in [0.2, 0.25) is 0 Å². The Morgan fingerprint density at radius 2 is 1.35 bits per heavy atom. The highest BCUT2D eigenvalue weighted by molar-refractivity contribution is 5.69. The average molecular weight is 479 g/mol. The summed E-state index contributed by atoms with van der Waals surface area (Å²) in [5.41, 5.74) is 2.40. The van der Waals surface area contributed by atoms with Gasteiger partial charge in [-0.3, -0.25) is 19.2 Å². The second kappa shape index (κ2) is 13.5. The largest absolute Gasteiger partial charge is 0.463 e. The molecule has 1 heterocycles. The third kappa shape index (κ3) is 9.35. The molecule has 0 aromatic carbocycles. The van der Waals surface area contributed by atoms with Gasteiger partial charge in [-0.05, 0) is 25.8 Å². The minimum atomic E-state index is -1.20. The minimum absolute atomic E-state index is 0.274. The third-order valence-electron chi connectivity index (χ3n) is 4.78. The first-order valence-electron chi connectivity index (χ1n) is 10.8. The fraction of sp³-hybridized carbons (Fsp3) is 0.520. The van der Waals surface area contributed by atoms with Crippen molar-refractivity contribution < 1.29 is 42.9 Å². The van der Waals surface area contributed by atoms with Crippen molar-refractivity contribution in [3.8, 4) is 0 Å². The van der Waals surface area contributed by atoms with Crippen LogP contribution in [0.15, 0.2) is 48.1 Å². The molecule has 0 aliphatic carbocycles. The predicted molar refractivity (Wildman–Crippen MR) is 123 cm³/mol. The minimum Gasteiger partial charge on any atom is -0.463 e. The van der Waals surface area contributed by atoms with Crippen molar-refractivity contribution >= 4 is 23.9 Å². The van der Waals surface area contributed by atoms with Crippen LogP contribution < -0.4 is 0 Å². The zero-order chi connectivity index (χ0) is 26.0. The van der Waals surface area contributed by atoms with Crippen LogP contribution in [-0.4, -0.2) is 61.0 Å². The number of carbonyl (C=O) groups is 4. The van der Waals surface area contributed by atoms with Crippen LogP contribution in [-0.2, 0) is 42.9 Å². The van der Waals surface area contributed by atoms with Crippen LogP contribution in [0.25, 0.3) is 0 Å². The number of rotatable bonds is 10. The molecular weight excluding hydrogens is 444 g/mol. The van der Waals surface area contributed by atoms with Crippen molar-refractivity contribution in [2.75, 3.05) is 6.61 Å². The molecule has 1 fully saturated rings. The number of hydrogen-bond donors (Lipinski definition) is 0. The van der Waals surface area contributed by atoms with E-state index in [2.05, 4.69) is 13.2 Å². The standard InChI is InChI=1S/C25H34O9/c1-9-10-14(2)11-15(3)12-16(4)22-24(32-19(7)28)25(33-20(8)29)23(31-18(6)27)21(34-22)13-30-17(5)26/h9-10,12,21-25H,1,3,11,13H2,2,4-8H3/b14-10+,16-12+/t21-,22+,23-,24+,25+/m1/s1. The number of allylic oxidation sites excluding steroid dienone is 5. The maximum atomic E-state index is 11.9. The van der Waals surface area contributed by atoms with Crippen LogP contribution in [0.4, 0.5) is 0 Å². The number of hydrogen-bond acceptors (Lipinski definition) is 9. The molecule has 1 rings (SSSR count). The van der Waals surface area contributed by atoms with Gasteiger partial charge in [-0.25, -0.2) is 0 Å². The van der Waals surface area contributed by atoms with E-state index in [0.717, 1.165) is 11.1 Å². The molecule has 0 spiro atoms. The normalized spacial score (nSPS) is 25.1. The maximum absolute atomic E-state index is 11.9. The Balaban J connectivity index is 3.46. The van der Waals surface area contributed by atoms with E-state index in [1.165, 1.54) is 27.7 Å². The van der Waals surface area contributed by atoms with E-state index in [9.17, 15) is 19.2 Å². The molecule has 0 amide bonds. The van der Waals surface area contributed by atoms with Crippen LogP contribution in [0.3, 0.4) is 0 Å². The summed E-state index contributed by atoms with van der Waals surface area (Å²) in [5, 5.41) is 0. The van der Waals surface area contributed by atoms with Crippen LogP contribution in [0, 0.1) is 0 Å². The van der Waals surface area contributed by atoms with Gasteiger partial charge in [-0.1, -0.05) is 42.5 Å². The molecule has 9 nitrogen and oxygen atoms in total. The second-order valence-corrected chi connectivity index (χ2v) is 8.09. The second-order valence-electron chi connectivity index (χ2n) is 8.09. The number of carbonyl (C=O) groups excluding carboxylic acids is 4. The van der Waals surface area contributed by atoms with E-state index < -0.39 is 54.4 Å². The summed E-state index contributed by atoms with van der Waals surface area (Å²) >= 11 is 0. The highest BCUT2D eigenvalue weighted by atomic mass is 16.7. The summed E-state index contributed by atoms with van der Waals surface area (Å²) in [4.78, 5) is 47.1. The van der Waals surface area contributed by atoms with Gasteiger partial charge >= 0.3 is 23.9 Å². The first-order valence-corrected chi connectivity index (χ1v) is 10.8. The van der Waals surface area contributed by atoms with E-state index in [1.807, 2.05) is 13.0 Å². The highest BCUT2D eigenvalue weighted by Gasteiger charge is 2.52. The summed E-state index contributed by atoms with van der Waals surface area (Å²) in [5.74, 6) is -2.57. The zero-order valence-corrected chi connectivity index (χ0v) is 20.6. The fourth-order valence-corrected chi connectivity index (χ4v) is 3.67. The fourth-order valence-electron chi connectivity index (χ4n) is 3.67. The summed E-state index contributed by atoms with van der Waals surface area (Å²) in [6, 6.07) is 0. The highest BCUT2D eigenvalue weighted by Crippen LogP contribution is 2.33. The molecule has 1 aliphatic rings. The van der Waals surface area contributed by atoms with E-state index in [1.54, 1.807) is 19.1 Å². The van der Waals surface area contributed by atoms with E-state index in [0.29, 0.717) is 12.0 Å². The Morgan fingerprint density at radius 3 is 1.85 bits per heavy atom. The van der Waals surface area contributed by atoms with Gasteiger partial charge in [0.25, 0.3) is 0 Å². The topological polar surface area (TPSA) is 114 Å². The summed E-state index contributed by atoms with van der Waals surface area (Å²) in [6.45, 7) is 15.9. The van der Waals surface area contributed by atoms with Crippen molar-refractivity contribution in [2.45, 2.75) is 78.5 Å². The maximum Gasteiger partial charge on any atom is 0.303 e. The molecule has 0 aromatic rings. The zero-order valence-electron chi connectivity index (χ0n) is 20.6. The third-order valence-corrected chi connectivity index (χ3v) is 4.78. The Hall–Kier alpha value is -3.20. The quantitative estimate of drug-likeness (QED) is 0.265. The molecule has 5 atom stereocenters. The SMILES string of the molecule is C=C/C=C(\C)CC(=C)/C=C(\C)[C@@H]1O[C@H](COC(C)=O)[C@@H](OC(C)=O)[C@H](OC(C)=O)[C@H]1OC(C)=O. The van der Waals surface area contributed by atoms with Gasteiger partial charge in [-0.2, -0.15) is 0 Å². The molecule has 0 bridgehead atoms. The Morgan fingerprint density at radius 1 is 0.824 bits per heavy atom. The number of esters is 4. The van der Waals surface area contributed by atoms with Gasteiger partial charge < -0.3 is 23.7 Å². The molecule has 0 saturated carbocycles. The Bertz CT molecular complexity index is 868. The van der Waals surface area contributed by atoms with Crippen LogP contribution in [0.1, 0.15) is 48.0 Å². The molecule has 0 unspecified atom stereocenters. The lowest BCUT2D eigenvalue weighted by Crippen LogP contribution is -2.62. The summed E-state index contributed by atoms with van der Waals surface area (Å²) in [6.07, 6.45) is 0.471. The van der Waals surface area contributed by atoms with E-state index in [4.69, 9.17) is 23.7 Å². The molecule has 0 N–H and O–H groups in total. The molecule has 188 valence electrons. The van der Waals surface area contributed by atoms with Gasteiger partial charge in [0, 0.05) is 27.7 Å².